The van der Waals surface area contributed by atoms with Gasteiger partial charge >= 0.3 is 5.97 Å². The third-order valence-corrected chi connectivity index (χ3v) is 5.47. The summed E-state index contributed by atoms with van der Waals surface area (Å²) in [6, 6.07) is 9.56. The van der Waals surface area contributed by atoms with E-state index in [-0.39, 0.29) is 30.2 Å². The first-order valence-corrected chi connectivity index (χ1v) is 10.6. The molecule has 0 saturated heterocycles. The average Bonchev–Trinajstić information content (AvgIpc) is 3.01. The lowest BCUT2D eigenvalue weighted by molar-refractivity contribution is -0.139. The third kappa shape index (κ3) is 4.70. The zero-order chi connectivity index (χ0) is 22.4. The highest BCUT2D eigenvalue weighted by molar-refractivity contribution is 6.16. The maximum atomic E-state index is 10.8. The van der Waals surface area contributed by atoms with Crippen molar-refractivity contribution in [3.05, 3.63) is 52.6 Å². The van der Waals surface area contributed by atoms with Crippen LogP contribution in [-0.4, -0.2) is 41.1 Å². The lowest BCUT2D eigenvalue weighted by Crippen LogP contribution is -2.30. The van der Waals surface area contributed by atoms with Crippen molar-refractivity contribution in [3.8, 4) is 17.2 Å². The highest BCUT2D eigenvalue weighted by Crippen LogP contribution is 2.48. The van der Waals surface area contributed by atoms with Gasteiger partial charge in [-0.2, -0.15) is 0 Å². The number of rotatable bonds is 6. The Morgan fingerprint density at radius 1 is 1.12 bits per heavy atom. The summed E-state index contributed by atoms with van der Waals surface area (Å²) in [7, 11) is 0. The quantitative estimate of drug-likeness (QED) is 0.667. The van der Waals surface area contributed by atoms with Crippen LogP contribution in [0.4, 0.5) is 0 Å². The van der Waals surface area contributed by atoms with Gasteiger partial charge in [0, 0.05) is 23.1 Å². The summed E-state index contributed by atoms with van der Waals surface area (Å²) in [4.78, 5) is 15.9. The topological polar surface area (TPSA) is 77.4 Å². The molecule has 2 aliphatic heterocycles. The Bertz CT molecular complexity index is 1060. The fourth-order valence-electron chi connectivity index (χ4n) is 4.39. The number of aliphatic carboxylic acids is 1. The molecule has 2 aliphatic rings. The number of carboxylic acid groups (broad SMARTS) is 1. The number of hydrogen-bond donors (Lipinski definition) is 1. The fourth-order valence-corrected chi connectivity index (χ4v) is 4.39. The van der Waals surface area contributed by atoms with E-state index in [0.29, 0.717) is 12.4 Å². The van der Waals surface area contributed by atoms with E-state index in [9.17, 15) is 4.79 Å². The molecule has 2 aromatic carbocycles. The summed E-state index contributed by atoms with van der Waals surface area (Å²) in [5.74, 6) is 1.14. The van der Waals surface area contributed by atoms with Crippen LogP contribution in [0.1, 0.15) is 56.9 Å². The van der Waals surface area contributed by atoms with Crippen molar-refractivity contribution in [1.82, 2.24) is 0 Å². The molecular weight excluding hydrogens is 430 g/mol. The second-order valence-corrected chi connectivity index (χ2v) is 9.34. The number of carboxylic acids is 1. The second kappa shape index (κ2) is 8.66. The number of benzene rings is 2. The highest BCUT2D eigenvalue weighted by atomic mass is 35.5. The first-order valence-electron chi connectivity index (χ1n) is 10.6. The van der Waals surface area contributed by atoms with E-state index in [1.54, 1.807) is 12.1 Å². The molecule has 0 aromatic heterocycles. The van der Waals surface area contributed by atoms with Crippen molar-refractivity contribution in [2.75, 3.05) is 13.2 Å². The van der Waals surface area contributed by atoms with Gasteiger partial charge in [0.05, 0.1) is 17.9 Å². The van der Waals surface area contributed by atoms with Crippen LogP contribution < -0.4 is 14.2 Å². The van der Waals surface area contributed by atoms with Gasteiger partial charge in [0.2, 0.25) is 0 Å². The van der Waals surface area contributed by atoms with E-state index in [4.69, 9.17) is 24.3 Å². The van der Waals surface area contributed by atoms with E-state index in [1.165, 1.54) is 5.56 Å². The molecule has 6 nitrogen and oxygen atoms in total. The summed E-state index contributed by atoms with van der Waals surface area (Å²) < 4.78 is 17.5. The lowest BCUT2D eigenvalue weighted by Gasteiger charge is -2.31. The predicted molar refractivity (Wildman–Crippen MR) is 126 cm³/mol. The number of fused-ring (bicyclic) bond motifs is 3. The van der Waals surface area contributed by atoms with Crippen LogP contribution in [0.25, 0.3) is 0 Å². The van der Waals surface area contributed by atoms with Gasteiger partial charge in [0.25, 0.3) is 0 Å². The monoisotopic (exact) mass is 459 g/mol. The second-order valence-electron chi connectivity index (χ2n) is 9.34. The van der Waals surface area contributed by atoms with Gasteiger partial charge in [0.15, 0.2) is 18.1 Å². The zero-order valence-corrected chi connectivity index (χ0v) is 20.0. The average molecular weight is 460 g/mol. The van der Waals surface area contributed by atoms with Crippen molar-refractivity contribution < 1.29 is 24.1 Å². The van der Waals surface area contributed by atoms with Crippen LogP contribution in [0.15, 0.2) is 35.3 Å². The molecule has 0 saturated carbocycles. The molecule has 0 fully saturated rings. The first-order chi connectivity index (χ1) is 14.6. The van der Waals surface area contributed by atoms with Gasteiger partial charge < -0.3 is 19.3 Å². The molecule has 1 N–H and O–H groups in total. The normalized spacial score (nSPS) is 17.2. The van der Waals surface area contributed by atoms with Crippen LogP contribution in [0, 0.1) is 0 Å². The largest absolute Gasteiger partial charge is 0.490 e. The van der Waals surface area contributed by atoms with Crippen LogP contribution in [0.2, 0.25) is 0 Å². The van der Waals surface area contributed by atoms with Crippen LogP contribution in [-0.2, 0) is 17.6 Å². The summed E-state index contributed by atoms with van der Waals surface area (Å²) in [6.45, 7) is 10.6. The minimum Gasteiger partial charge on any atom is -0.490 e. The van der Waals surface area contributed by atoms with Gasteiger partial charge in [-0.25, -0.2) is 4.79 Å². The Morgan fingerprint density at radius 2 is 1.81 bits per heavy atom. The predicted octanol–water partition coefficient (Wildman–Crippen LogP) is 4.86. The molecule has 7 heteroatoms. The first kappa shape index (κ1) is 23.9. The molecule has 0 bridgehead atoms. The van der Waals surface area contributed by atoms with Gasteiger partial charge in [-0.1, -0.05) is 0 Å². The fraction of sp³-hybridized carbons (Fsp3) is 0.440. The van der Waals surface area contributed by atoms with E-state index in [2.05, 4.69) is 33.8 Å². The van der Waals surface area contributed by atoms with Crippen molar-refractivity contribution in [2.24, 2.45) is 4.99 Å². The molecule has 0 unspecified atom stereocenters. The highest BCUT2D eigenvalue weighted by Gasteiger charge is 2.39. The number of nitrogens with zero attached hydrogens (tertiary/aromatic N) is 1. The number of aliphatic imine (C=N–C) groups is 1. The Balaban J connectivity index is 0.00000289. The van der Waals surface area contributed by atoms with E-state index in [0.717, 1.165) is 46.7 Å². The Labute approximate surface area is 195 Å². The van der Waals surface area contributed by atoms with Gasteiger partial charge in [0.1, 0.15) is 11.4 Å². The van der Waals surface area contributed by atoms with Crippen molar-refractivity contribution in [3.63, 3.8) is 0 Å². The van der Waals surface area contributed by atoms with Gasteiger partial charge in [-0.15, -0.1) is 12.4 Å². The summed E-state index contributed by atoms with van der Waals surface area (Å²) >= 11 is 0. The molecular formula is C25H30ClNO5. The van der Waals surface area contributed by atoms with Crippen LogP contribution in [0.5, 0.6) is 17.2 Å². The number of carbonyl (C=O) groups is 1. The van der Waals surface area contributed by atoms with Crippen molar-refractivity contribution in [1.29, 1.82) is 0 Å². The number of halogens is 1. The Morgan fingerprint density at radius 3 is 2.44 bits per heavy atom. The van der Waals surface area contributed by atoms with E-state index in [1.807, 2.05) is 19.1 Å². The minimum atomic E-state index is -1.00. The molecule has 0 spiro atoms. The van der Waals surface area contributed by atoms with E-state index >= 15 is 0 Å². The zero-order valence-electron chi connectivity index (χ0n) is 19.2. The molecule has 0 aliphatic carbocycles. The molecule has 172 valence electrons. The minimum absolute atomic E-state index is 0. The molecule has 2 heterocycles. The number of ether oxygens (including phenoxy) is 3. The Kier molecular flexibility index (Phi) is 6.47. The SMILES string of the molecule is CCOc1cc2c(c3c1OC(C)(C)C3)C(c1ccc(OCC(=O)O)cc1)=NC(C)(C)C2.Cl. The molecule has 0 amide bonds. The lowest BCUT2D eigenvalue weighted by atomic mass is 9.81. The molecule has 2 aromatic rings. The summed E-state index contributed by atoms with van der Waals surface area (Å²) in [6.07, 6.45) is 1.60. The standard InChI is InChI=1S/C25H29NO5.ClH/c1-6-29-19-11-16-12-24(2,3)26-22(21(16)18-13-25(4,5)31-23(18)19)15-7-9-17(10-8-15)30-14-20(27)28;/h7-11H,6,12-14H2,1-5H3,(H,27,28);1H. The summed E-state index contributed by atoms with van der Waals surface area (Å²) in [5.41, 5.74) is 4.81. The Hall–Kier alpha value is -2.73. The number of hydrogen-bond acceptors (Lipinski definition) is 5. The maximum Gasteiger partial charge on any atom is 0.341 e. The van der Waals surface area contributed by atoms with Gasteiger partial charge in [-0.05, 0) is 76.9 Å². The van der Waals surface area contributed by atoms with Crippen molar-refractivity contribution >= 4 is 24.1 Å². The smallest absolute Gasteiger partial charge is 0.341 e. The molecule has 0 atom stereocenters. The molecule has 4 rings (SSSR count). The van der Waals surface area contributed by atoms with Crippen LogP contribution >= 0.6 is 12.4 Å². The van der Waals surface area contributed by atoms with E-state index < -0.39 is 5.97 Å². The summed E-state index contributed by atoms with van der Waals surface area (Å²) in [5, 5.41) is 8.83. The third-order valence-electron chi connectivity index (χ3n) is 5.47. The van der Waals surface area contributed by atoms with Crippen molar-refractivity contribution in [2.45, 2.75) is 58.6 Å². The molecule has 32 heavy (non-hydrogen) atoms. The molecule has 0 radical (unpaired) electrons. The van der Waals surface area contributed by atoms with Crippen LogP contribution in [0.3, 0.4) is 0 Å². The van der Waals surface area contributed by atoms with Gasteiger partial charge in [-0.3, -0.25) is 4.99 Å². The maximum absolute atomic E-state index is 10.8.